The molecule has 2 heteroatoms. The fourth-order valence-corrected chi connectivity index (χ4v) is 6.73. The Morgan fingerprint density at radius 1 is 0.824 bits per heavy atom. The molecule has 34 heavy (non-hydrogen) atoms. The average Bonchev–Trinajstić information content (AvgIpc) is 3.46. The molecule has 0 radical (unpaired) electrons. The van der Waals surface area contributed by atoms with Crippen LogP contribution in [0, 0.1) is 5.41 Å². The lowest BCUT2D eigenvalue weighted by Gasteiger charge is -2.39. The Morgan fingerprint density at radius 2 is 1.44 bits per heavy atom. The number of hydrogen-bond acceptors (Lipinski definition) is 2. The SMILES string of the molecule is CCCCCCCCCC(C)O[C@@]12CCC[C@]1(C=C1c3ccccc3-c3ccccc31)CCO2. The zero-order valence-electron chi connectivity index (χ0n) is 21.3. The molecule has 0 bridgehead atoms. The van der Waals surface area contributed by atoms with Crippen molar-refractivity contribution < 1.29 is 9.47 Å². The van der Waals surface area contributed by atoms with Gasteiger partial charge in [0.1, 0.15) is 0 Å². The number of fused-ring (bicyclic) bond motifs is 4. The topological polar surface area (TPSA) is 18.5 Å². The summed E-state index contributed by atoms with van der Waals surface area (Å²) in [4.78, 5) is 0. The minimum atomic E-state index is -0.451. The van der Waals surface area contributed by atoms with E-state index in [9.17, 15) is 0 Å². The van der Waals surface area contributed by atoms with Gasteiger partial charge in [0.25, 0.3) is 0 Å². The molecule has 0 N–H and O–H groups in total. The van der Waals surface area contributed by atoms with E-state index >= 15 is 0 Å². The van der Waals surface area contributed by atoms with Crippen molar-refractivity contribution in [3.63, 3.8) is 0 Å². The molecule has 0 amide bonds. The third-order valence-electron chi connectivity index (χ3n) is 8.52. The van der Waals surface area contributed by atoms with Crippen LogP contribution >= 0.6 is 0 Å². The lowest BCUT2D eigenvalue weighted by molar-refractivity contribution is -0.258. The van der Waals surface area contributed by atoms with Crippen molar-refractivity contribution in [1.29, 1.82) is 0 Å². The van der Waals surface area contributed by atoms with Crippen LogP contribution in [0.5, 0.6) is 0 Å². The lowest BCUT2D eigenvalue weighted by Crippen LogP contribution is -2.44. The molecule has 182 valence electrons. The molecule has 1 heterocycles. The maximum Gasteiger partial charge on any atom is 0.177 e. The van der Waals surface area contributed by atoms with Crippen LogP contribution in [0.15, 0.2) is 54.6 Å². The van der Waals surface area contributed by atoms with Crippen LogP contribution in [-0.2, 0) is 9.47 Å². The Morgan fingerprint density at radius 3 is 2.12 bits per heavy atom. The van der Waals surface area contributed by atoms with Crippen molar-refractivity contribution >= 4 is 5.57 Å². The van der Waals surface area contributed by atoms with Gasteiger partial charge in [0.05, 0.1) is 12.7 Å². The predicted molar refractivity (Wildman–Crippen MR) is 142 cm³/mol. The highest BCUT2D eigenvalue weighted by Gasteiger charge is 2.60. The number of rotatable bonds is 11. The second-order valence-electron chi connectivity index (χ2n) is 10.8. The Bertz CT molecular complexity index is 946. The van der Waals surface area contributed by atoms with E-state index < -0.39 is 5.79 Å². The van der Waals surface area contributed by atoms with Crippen molar-refractivity contribution in [1.82, 2.24) is 0 Å². The van der Waals surface area contributed by atoms with Gasteiger partial charge < -0.3 is 9.47 Å². The van der Waals surface area contributed by atoms with Crippen LogP contribution in [-0.4, -0.2) is 18.5 Å². The lowest BCUT2D eigenvalue weighted by atomic mass is 9.77. The monoisotopic (exact) mass is 458 g/mol. The molecule has 3 atom stereocenters. The first-order valence-electron chi connectivity index (χ1n) is 13.9. The van der Waals surface area contributed by atoms with Gasteiger partial charge in [-0.1, -0.05) is 106 Å². The van der Waals surface area contributed by atoms with E-state index in [-0.39, 0.29) is 11.5 Å². The van der Waals surface area contributed by atoms with Gasteiger partial charge in [-0.25, -0.2) is 0 Å². The highest BCUT2D eigenvalue weighted by atomic mass is 16.7. The van der Waals surface area contributed by atoms with Crippen molar-refractivity contribution in [3.05, 3.63) is 65.7 Å². The third-order valence-corrected chi connectivity index (χ3v) is 8.52. The standard InChI is InChI=1S/C32H42O2/c1-3-4-5-6-7-8-9-15-25(2)34-32-21-14-20-31(32,22-23-33-32)24-30-28-18-12-10-16-26(28)27-17-11-13-19-29(27)30/h10-13,16-19,24-25H,3-9,14-15,20-23H2,1-2H3/t25?,31-,32+/m1/s1. The molecular formula is C32H42O2. The van der Waals surface area contributed by atoms with Crippen LogP contribution in [0.4, 0.5) is 0 Å². The first-order valence-corrected chi connectivity index (χ1v) is 13.9. The summed E-state index contributed by atoms with van der Waals surface area (Å²) in [5, 5.41) is 0. The zero-order chi connectivity index (χ0) is 23.4. The van der Waals surface area contributed by atoms with Crippen LogP contribution in [0.25, 0.3) is 16.7 Å². The van der Waals surface area contributed by atoms with Crippen LogP contribution in [0.2, 0.25) is 0 Å². The minimum Gasteiger partial charge on any atom is -0.349 e. The quantitative estimate of drug-likeness (QED) is 0.267. The van der Waals surface area contributed by atoms with Gasteiger partial charge in [-0.3, -0.25) is 0 Å². The number of benzene rings is 2. The molecule has 0 aromatic heterocycles. The van der Waals surface area contributed by atoms with Crippen molar-refractivity contribution in [2.45, 2.75) is 103 Å². The number of ether oxygens (including phenoxy) is 2. The summed E-state index contributed by atoms with van der Waals surface area (Å²) in [7, 11) is 0. The second-order valence-corrected chi connectivity index (χ2v) is 10.8. The maximum atomic E-state index is 6.89. The molecule has 2 fully saturated rings. The normalized spacial score (nSPS) is 25.8. The van der Waals surface area contributed by atoms with Gasteiger partial charge in [-0.2, -0.15) is 0 Å². The van der Waals surface area contributed by atoms with Gasteiger partial charge in [-0.05, 0) is 60.4 Å². The van der Waals surface area contributed by atoms with Gasteiger partial charge in [-0.15, -0.1) is 0 Å². The smallest absolute Gasteiger partial charge is 0.177 e. The van der Waals surface area contributed by atoms with Gasteiger partial charge in [0.15, 0.2) is 5.79 Å². The molecule has 0 spiro atoms. The van der Waals surface area contributed by atoms with Crippen molar-refractivity contribution in [2.75, 3.05) is 6.61 Å². The van der Waals surface area contributed by atoms with Crippen LogP contribution < -0.4 is 0 Å². The first kappa shape index (κ1) is 23.8. The summed E-state index contributed by atoms with van der Waals surface area (Å²) in [5.74, 6) is -0.451. The summed E-state index contributed by atoms with van der Waals surface area (Å²) >= 11 is 0. The Labute approximate surface area is 206 Å². The molecule has 1 saturated carbocycles. The molecule has 1 unspecified atom stereocenters. The van der Waals surface area contributed by atoms with E-state index in [1.807, 2.05) is 0 Å². The van der Waals surface area contributed by atoms with Crippen LogP contribution in [0.3, 0.4) is 0 Å². The molecule has 3 aliphatic rings. The summed E-state index contributed by atoms with van der Waals surface area (Å²) in [6.45, 7) is 5.36. The van der Waals surface area contributed by atoms with E-state index in [4.69, 9.17) is 9.47 Å². The van der Waals surface area contributed by atoms with E-state index in [0.717, 1.165) is 32.3 Å². The Balaban J connectivity index is 1.33. The first-order chi connectivity index (χ1) is 16.7. The van der Waals surface area contributed by atoms with E-state index in [0.29, 0.717) is 0 Å². The molecule has 2 aromatic rings. The molecule has 5 rings (SSSR count). The molecule has 2 aliphatic carbocycles. The summed E-state index contributed by atoms with van der Waals surface area (Å²) in [5.41, 5.74) is 6.80. The zero-order valence-corrected chi connectivity index (χ0v) is 21.3. The van der Waals surface area contributed by atoms with Gasteiger partial charge in [0.2, 0.25) is 0 Å². The molecular weight excluding hydrogens is 416 g/mol. The largest absolute Gasteiger partial charge is 0.349 e. The molecule has 2 nitrogen and oxygen atoms in total. The minimum absolute atomic E-state index is 0.0265. The Kier molecular flexibility index (Phi) is 7.27. The summed E-state index contributed by atoms with van der Waals surface area (Å²) in [6.07, 6.45) is 17.8. The number of unbranched alkanes of at least 4 members (excludes halogenated alkanes) is 6. The van der Waals surface area contributed by atoms with Crippen LogP contribution in [0.1, 0.15) is 102 Å². The van der Waals surface area contributed by atoms with E-state index in [1.54, 1.807) is 0 Å². The maximum absolute atomic E-state index is 6.89. The average molecular weight is 459 g/mol. The second kappa shape index (κ2) is 10.4. The van der Waals surface area contributed by atoms with Crippen molar-refractivity contribution in [3.8, 4) is 11.1 Å². The summed E-state index contributed by atoms with van der Waals surface area (Å²) < 4.78 is 13.4. The van der Waals surface area contributed by atoms with Gasteiger partial charge >= 0.3 is 0 Å². The number of hydrogen-bond donors (Lipinski definition) is 0. The highest BCUT2D eigenvalue weighted by Crippen LogP contribution is 2.59. The van der Waals surface area contributed by atoms with Gasteiger partial charge in [0, 0.05) is 11.8 Å². The summed E-state index contributed by atoms with van der Waals surface area (Å²) in [6, 6.07) is 17.8. The third kappa shape index (κ3) is 4.40. The molecule has 1 saturated heterocycles. The Hall–Kier alpha value is -1.90. The fraction of sp³-hybridized carbons (Fsp3) is 0.562. The fourth-order valence-electron chi connectivity index (χ4n) is 6.73. The predicted octanol–water partition coefficient (Wildman–Crippen LogP) is 8.93. The van der Waals surface area contributed by atoms with E-state index in [2.05, 4.69) is 68.5 Å². The van der Waals surface area contributed by atoms with E-state index in [1.165, 1.54) is 79.2 Å². The molecule has 1 aliphatic heterocycles. The highest BCUT2D eigenvalue weighted by molar-refractivity contribution is 6.01. The van der Waals surface area contributed by atoms with Crippen molar-refractivity contribution in [2.24, 2.45) is 5.41 Å². The molecule has 2 aromatic carbocycles.